The standard InChI is InChI=1S/C22H23FN2O5S/c1-27-8-9-30-18-7-5-15(11-17(18)23)24-21(26)12-16-13-31-22(25-16)14-4-6-19(28-2)20(10-14)29-3/h4-7,10-11,13H,8-9,12H2,1-3H3,(H,24,26). The number of nitrogens with zero attached hydrogens (tertiary/aromatic N) is 1. The van der Waals surface area contributed by atoms with Gasteiger partial charge in [0.05, 0.1) is 32.9 Å². The third-order valence-electron chi connectivity index (χ3n) is 4.28. The van der Waals surface area contributed by atoms with Crippen molar-refractivity contribution in [1.82, 2.24) is 4.98 Å². The molecular weight excluding hydrogens is 423 g/mol. The van der Waals surface area contributed by atoms with E-state index in [1.54, 1.807) is 26.4 Å². The van der Waals surface area contributed by atoms with E-state index in [-0.39, 0.29) is 24.7 Å². The number of thiazole rings is 1. The molecule has 1 amide bonds. The Morgan fingerprint density at radius 2 is 1.81 bits per heavy atom. The molecule has 3 rings (SSSR count). The molecule has 0 saturated carbocycles. The minimum Gasteiger partial charge on any atom is -0.493 e. The minimum absolute atomic E-state index is 0.0670. The average molecular weight is 447 g/mol. The number of anilines is 1. The highest BCUT2D eigenvalue weighted by molar-refractivity contribution is 7.13. The molecule has 0 radical (unpaired) electrons. The van der Waals surface area contributed by atoms with E-state index < -0.39 is 5.82 Å². The molecular formula is C22H23FN2O5S. The van der Waals surface area contributed by atoms with E-state index in [0.717, 1.165) is 10.6 Å². The number of carbonyl (C=O) groups is 1. The van der Waals surface area contributed by atoms with E-state index in [1.807, 2.05) is 17.5 Å². The smallest absolute Gasteiger partial charge is 0.230 e. The third kappa shape index (κ3) is 5.93. The summed E-state index contributed by atoms with van der Waals surface area (Å²) in [5.41, 5.74) is 1.82. The van der Waals surface area contributed by atoms with Gasteiger partial charge in [0.1, 0.15) is 11.6 Å². The van der Waals surface area contributed by atoms with Gasteiger partial charge in [0.2, 0.25) is 5.91 Å². The molecule has 0 atom stereocenters. The van der Waals surface area contributed by atoms with Crippen molar-refractivity contribution in [3.8, 4) is 27.8 Å². The lowest BCUT2D eigenvalue weighted by Gasteiger charge is -2.09. The number of hydrogen-bond acceptors (Lipinski definition) is 7. The Bertz CT molecular complexity index is 1040. The maximum absolute atomic E-state index is 14.1. The predicted octanol–water partition coefficient (Wildman–Crippen LogP) is 4.17. The zero-order valence-corrected chi connectivity index (χ0v) is 18.3. The zero-order chi connectivity index (χ0) is 22.2. The first kappa shape index (κ1) is 22.5. The Morgan fingerprint density at radius 3 is 2.52 bits per heavy atom. The lowest BCUT2D eigenvalue weighted by Crippen LogP contribution is -2.15. The number of amides is 1. The largest absolute Gasteiger partial charge is 0.493 e. The highest BCUT2D eigenvalue weighted by Gasteiger charge is 2.13. The summed E-state index contributed by atoms with van der Waals surface area (Å²) in [7, 11) is 4.68. The summed E-state index contributed by atoms with van der Waals surface area (Å²) in [4.78, 5) is 16.9. The van der Waals surface area contributed by atoms with Gasteiger partial charge in [-0.25, -0.2) is 9.37 Å². The maximum Gasteiger partial charge on any atom is 0.230 e. The lowest BCUT2D eigenvalue weighted by atomic mass is 10.2. The van der Waals surface area contributed by atoms with Crippen LogP contribution in [0.15, 0.2) is 41.8 Å². The molecule has 0 aliphatic rings. The van der Waals surface area contributed by atoms with Crippen molar-refractivity contribution in [3.05, 3.63) is 53.3 Å². The lowest BCUT2D eigenvalue weighted by molar-refractivity contribution is -0.115. The molecule has 1 N–H and O–H groups in total. The summed E-state index contributed by atoms with van der Waals surface area (Å²) in [5, 5.41) is 5.25. The van der Waals surface area contributed by atoms with Crippen molar-refractivity contribution in [2.24, 2.45) is 0 Å². The monoisotopic (exact) mass is 446 g/mol. The molecule has 31 heavy (non-hydrogen) atoms. The number of halogens is 1. The van der Waals surface area contributed by atoms with Crippen LogP contribution in [0.4, 0.5) is 10.1 Å². The van der Waals surface area contributed by atoms with Crippen molar-refractivity contribution in [1.29, 1.82) is 0 Å². The molecule has 0 bridgehead atoms. The quantitative estimate of drug-likeness (QED) is 0.471. The number of carbonyl (C=O) groups excluding carboxylic acids is 1. The first-order valence-electron chi connectivity index (χ1n) is 9.42. The fraction of sp³-hybridized carbons (Fsp3) is 0.273. The van der Waals surface area contributed by atoms with Gasteiger partial charge in [-0.15, -0.1) is 11.3 Å². The topological polar surface area (TPSA) is 78.9 Å². The average Bonchev–Trinajstić information content (AvgIpc) is 3.23. The van der Waals surface area contributed by atoms with E-state index in [9.17, 15) is 9.18 Å². The van der Waals surface area contributed by atoms with Crippen molar-refractivity contribution in [3.63, 3.8) is 0 Å². The molecule has 0 aliphatic carbocycles. The van der Waals surface area contributed by atoms with Crippen LogP contribution in [0.3, 0.4) is 0 Å². The van der Waals surface area contributed by atoms with Crippen LogP contribution in [0.5, 0.6) is 17.2 Å². The van der Waals surface area contributed by atoms with E-state index in [2.05, 4.69) is 10.3 Å². The Morgan fingerprint density at radius 1 is 1.03 bits per heavy atom. The van der Waals surface area contributed by atoms with Gasteiger partial charge in [-0.1, -0.05) is 0 Å². The highest BCUT2D eigenvalue weighted by atomic mass is 32.1. The second kappa shape index (κ2) is 10.7. The Labute approximate surface area is 183 Å². The molecule has 0 unspecified atom stereocenters. The van der Waals surface area contributed by atoms with Crippen LogP contribution in [0.25, 0.3) is 10.6 Å². The van der Waals surface area contributed by atoms with Crippen molar-refractivity contribution < 1.29 is 28.1 Å². The predicted molar refractivity (Wildman–Crippen MR) is 117 cm³/mol. The first-order chi connectivity index (χ1) is 15.0. The van der Waals surface area contributed by atoms with Gasteiger partial charge in [-0.05, 0) is 30.3 Å². The van der Waals surface area contributed by atoms with E-state index in [4.69, 9.17) is 18.9 Å². The Balaban J connectivity index is 1.62. The van der Waals surface area contributed by atoms with Crippen LogP contribution in [-0.4, -0.2) is 45.4 Å². The number of ether oxygens (including phenoxy) is 4. The van der Waals surface area contributed by atoms with Crippen molar-refractivity contribution >= 4 is 22.9 Å². The number of rotatable bonds is 10. The second-order valence-corrected chi connectivity index (χ2v) is 7.28. The molecule has 0 aliphatic heterocycles. The van der Waals surface area contributed by atoms with Crippen LogP contribution < -0.4 is 19.5 Å². The molecule has 2 aromatic carbocycles. The van der Waals surface area contributed by atoms with E-state index in [1.165, 1.54) is 30.6 Å². The van der Waals surface area contributed by atoms with Crippen molar-refractivity contribution in [2.75, 3.05) is 39.9 Å². The summed E-state index contributed by atoms with van der Waals surface area (Å²) >= 11 is 1.42. The van der Waals surface area contributed by atoms with Gasteiger partial charge in [0.25, 0.3) is 0 Å². The summed E-state index contributed by atoms with van der Waals surface area (Å²) in [6.07, 6.45) is 0.0670. The van der Waals surface area contributed by atoms with Crippen LogP contribution >= 0.6 is 11.3 Å². The van der Waals surface area contributed by atoms with Crippen LogP contribution in [0.1, 0.15) is 5.69 Å². The fourth-order valence-corrected chi connectivity index (χ4v) is 3.61. The number of aromatic nitrogens is 1. The normalized spacial score (nSPS) is 10.6. The van der Waals surface area contributed by atoms with Gasteiger partial charge < -0.3 is 24.3 Å². The number of hydrogen-bond donors (Lipinski definition) is 1. The van der Waals surface area contributed by atoms with Crippen LogP contribution in [-0.2, 0) is 16.0 Å². The maximum atomic E-state index is 14.1. The summed E-state index contributed by atoms with van der Waals surface area (Å²) in [6, 6.07) is 9.79. The van der Waals surface area contributed by atoms with Crippen LogP contribution in [0.2, 0.25) is 0 Å². The van der Waals surface area contributed by atoms with Gasteiger partial charge in [0, 0.05) is 29.8 Å². The molecule has 9 heteroatoms. The molecule has 1 heterocycles. The molecule has 164 valence electrons. The third-order valence-corrected chi connectivity index (χ3v) is 5.22. The Kier molecular flexibility index (Phi) is 7.80. The summed E-state index contributed by atoms with van der Waals surface area (Å²) < 4.78 is 34.8. The fourth-order valence-electron chi connectivity index (χ4n) is 2.79. The molecule has 1 aromatic heterocycles. The van der Waals surface area contributed by atoms with Crippen molar-refractivity contribution in [2.45, 2.75) is 6.42 Å². The van der Waals surface area contributed by atoms with Gasteiger partial charge >= 0.3 is 0 Å². The summed E-state index contributed by atoms with van der Waals surface area (Å²) in [5.74, 6) is 0.486. The zero-order valence-electron chi connectivity index (χ0n) is 17.4. The number of benzene rings is 2. The summed E-state index contributed by atoms with van der Waals surface area (Å²) in [6.45, 7) is 0.599. The molecule has 0 saturated heterocycles. The second-order valence-electron chi connectivity index (χ2n) is 6.43. The SMILES string of the molecule is COCCOc1ccc(NC(=O)Cc2csc(-c3ccc(OC)c(OC)c3)n2)cc1F. The Hall–Kier alpha value is -3.17. The van der Waals surface area contributed by atoms with E-state index >= 15 is 0 Å². The molecule has 0 fully saturated rings. The van der Waals surface area contributed by atoms with Gasteiger partial charge in [0.15, 0.2) is 23.1 Å². The molecule has 7 nitrogen and oxygen atoms in total. The van der Waals surface area contributed by atoms with E-state index in [0.29, 0.717) is 29.5 Å². The number of nitrogens with one attached hydrogen (secondary N) is 1. The number of methoxy groups -OCH3 is 3. The van der Waals surface area contributed by atoms with Gasteiger partial charge in [-0.2, -0.15) is 0 Å². The van der Waals surface area contributed by atoms with Crippen LogP contribution in [0, 0.1) is 5.82 Å². The molecule has 3 aromatic rings. The molecule has 0 spiro atoms. The highest BCUT2D eigenvalue weighted by Crippen LogP contribution is 2.33. The van der Waals surface area contributed by atoms with Gasteiger partial charge in [-0.3, -0.25) is 4.79 Å². The first-order valence-corrected chi connectivity index (χ1v) is 10.3. The minimum atomic E-state index is -0.557.